The Balaban J connectivity index is 1.72. The Morgan fingerprint density at radius 2 is 1.50 bits per heavy atom. The summed E-state index contributed by atoms with van der Waals surface area (Å²) in [7, 11) is 0. The summed E-state index contributed by atoms with van der Waals surface area (Å²) in [4.78, 5) is 12.1. The summed E-state index contributed by atoms with van der Waals surface area (Å²) in [5.41, 5.74) is 1.03. The fourth-order valence-electron chi connectivity index (χ4n) is 5.47. The predicted octanol–water partition coefficient (Wildman–Crippen LogP) is 4.35. The summed E-state index contributed by atoms with van der Waals surface area (Å²) in [5, 5.41) is 3.62. The maximum atomic E-state index is 12.1. The second-order valence-corrected chi connectivity index (χ2v) is 9.25. The molecular formula is C15H18Cl3NO. The van der Waals surface area contributed by atoms with Crippen LogP contribution < -0.4 is 5.32 Å². The van der Waals surface area contributed by atoms with E-state index >= 15 is 0 Å². The van der Waals surface area contributed by atoms with Crippen LogP contribution in [-0.4, -0.2) is 10.2 Å². The van der Waals surface area contributed by atoms with Crippen LogP contribution in [0.5, 0.6) is 0 Å². The van der Waals surface area contributed by atoms with E-state index in [0.29, 0.717) is 5.03 Å². The van der Waals surface area contributed by atoms with E-state index in [4.69, 9.17) is 34.8 Å². The first-order chi connectivity index (χ1) is 9.38. The number of hydrogen-bond donors (Lipinski definition) is 1. The highest BCUT2D eigenvalue weighted by atomic mass is 35.5. The number of rotatable bonds is 1. The molecule has 0 saturated heterocycles. The van der Waals surface area contributed by atoms with Crippen molar-refractivity contribution in [3.8, 4) is 0 Å². The molecule has 4 saturated carbocycles. The topological polar surface area (TPSA) is 29.1 Å². The second kappa shape index (κ2) is 4.30. The van der Waals surface area contributed by atoms with Crippen molar-refractivity contribution in [2.75, 3.05) is 0 Å². The number of amides is 1. The quantitative estimate of drug-likeness (QED) is 0.710. The lowest BCUT2D eigenvalue weighted by molar-refractivity contribution is -0.122. The van der Waals surface area contributed by atoms with Gasteiger partial charge in [0.25, 0.3) is 5.91 Å². The molecule has 1 aliphatic heterocycles. The SMILES string of the molecule is O=C1NC(C23CC4CC(CC(C4)C2)C3)=C(Cl)CC1(Cl)Cl. The third-order valence-corrected chi connectivity index (χ3v) is 6.72. The van der Waals surface area contributed by atoms with E-state index in [2.05, 4.69) is 5.32 Å². The Labute approximate surface area is 134 Å². The Bertz CT molecular complexity index is 476. The minimum absolute atomic E-state index is 0.0891. The molecule has 1 amide bonds. The van der Waals surface area contributed by atoms with Gasteiger partial charge in [-0.15, -0.1) is 0 Å². The number of alkyl halides is 2. The van der Waals surface area contributed by atoms with Crippen molar-refractivity contribution >= 4 is 40.7 Å². The molecule has 0 aromatic rings. The fraction of sp³-hybridized carbons (Fsp3) is 0.800. The smallest absolute Gasteiger partial charge is 0.260 e. The molecule has 0 aromatic heterocycles. The lowest BCUT2D eigenvalue weighted by atomic mass is 9.48. The minimum Gasteiger partial charge on any atom is -0.325 e. The average molecular weight is 335 g/mol. The first-order valence-electron chi connectivity index (χ1n) is 7.46. The molecule has 4 fully saturated rings. The van der Waals surface area contributed by atoms with Gasteiger partial charge in [0.15, 0.2) is 0 Å². The van der Waals surface area contributed by atoms with Gasteiger partial charge in [0.05, 0.1) is 0 Å². The van der Waals surface area contributed by atoms with Gasteiger partial charge in [-0.05, 0) is 56.3 Å². The maximum absolute atomic E-state index is 12.1. The van der Waals surface area contributed by atoms with Gasteiger partial charge in [0.1, 0.15) is 0 Å². The van der Waals surface area contributed by atoms with Crippen LogP contribution in [0.25, 0.3) is 0 Å². The molecule has 0 spiro atoms. The van der Waals surface area contributed by atoms with Crippen LogP contribution >= 0.6 is 34.8 Å². The third-order valence-electron chi connectivity index (χ3n) is 5.79. The highest BCUT2D eigenvalue weighted by Crippen LogP contribution is 2.63. The third kappa shape index (κ3) is 1.94. The molecule has 5 rings (SSSR count). The predicted molar refractivity (Wildman–Crippen MR) is 80.7 cm³/mol. The van der Waals surface area contributed by atoms with Crippen molar-refractivity contribution in [3.63, 3.8) is 0 Å². The van der Waals surface area contributed by atoms with Gasteiger partial charge in [-0.25, -0.2) is 0 Å². The average Bonchev–Trinajstić information content (AvgIpc) is 2.31. The molecule has 4 bridgehead atoms. The number of allylic oxidation sites excluding steroid dienone is 2. The summed E-state index contributed by atoms with van der Waals surface area (Å²) in [5.74, 6) is 2.13. The normalized spacial score (nSPS) is 45.8. The van der Waals surface area contributed by atoms with E-state index in [1.165, 1.54) is 38.5 Å². The summed E-state index contributed by atoms with van der Waals surface area (Å²) in [6, 6.07) is 0. The summed E-state index contributed by atoms with van der Waals surface area (Å²) in [6.07, 6.45) is 7.85. The lowest BCUT2D eigenvalue weighted by Crippen LogP contribution is -2.53. The Morgan fingerprint density at radius 1 is 1.00 bits per heavy atom. The molecule has 2 nitrogen and oxygen atoms in total. The molecule has 110 valence electrons. The minimum atomic E-state index is -1.41. The lowest BCUT2D eigenvalue weighted by Gasteiger charge is -2.58. The van der Waals surface area contributed by atoms with Crippen molar-refractivity contribution in [2.24, 2.45) is 23.2 Å². The van der Waals surface area contributed by atoms with Crippen LogP contribution in [0, 0.1) is 23.2 Å². The zero-order valence-electron chi connectivity index (χ0n) is 11.2. The molecule has 0 unspecified atom stereocenters. The van der Waals surface area contributed by atoms with Crippen LogP contribution in [0.2, 0.25) is 0 Å². The molecule has 0 atom stereocenters. The van der Waals surface area contributed by atoms with Crippen LogP contribution in [0.1, 0.15) is 44.9 Å². The highest BCUT2D eigenvalue weighted by molar-refractivity contribution is 6.59. The van der Waals surface area contributed by atoms with E-state index in [0.717, 1.165) is 23.5 Å². The fourth-order valence-corrected chi connectivity index (χ4v) is 6.42. The number of halogens is 3. The molecule has 1 heterocycles. The molecule has 1 N–H and O–H groups in total. The van der Waals surface area contributed by atoms with Crippen molar-refractivity contribution in [1.29, 1.82) is 0 Å². The first-order valence-corrected chi connectivity index (χ1v) is 8.60. The van der Waals surface area contributed by atoms with Gasteiger partial charge >= 0.3 is 0 Å². The van der Waals surface area contributed by atoms with E-state index in [1.807, 2.05) is 0 Å². The molecule has 5 aliphatic rings. The second-order valence-electron chi connectivity index (χ2n) is 7.31. The van der Waals surface area contributed by atoms with Crippen molar-refractivity contribution < 1.29 is 4.79 Å². The van der Waals surface area contributed by atoms with Crippen LogP contribution in [0.3, 0.4) is 0 Å². The van der Waals surface area contributed by atoms with Crippen LogP contribution in [-0.2, 0) is 4.79 Å². The number of carbonyl (C=O) groups excluding carboxylic acids is 1. The summed E-state index contributed by atoms with van der Waals surface area (Å²) >= 11 is 18.5. The van der Waals surface area contributed by atoms with Crippen LogP contribution in [0.4, 0.5) is 0 Å². The largest absolute Gasteiger partial charge is 0.325 e. The number of hydrogen-bond acceptors (Lipinski definition) is 1. The molecule has 20 heavy (non-hydrogen) atoms. The van der Waals surface area contributed by atoms with Crippen molar-refractivity contribution in [2.45, 2.75) is 49.3 Å². The monoisotopic (exact) mass is 333 g/mol. The Morgan fingerprint density at radius 3 is 2.00 bits per heavy atom. The molecular weight excluding hydrogens is 317 g/mol. The molecule has 0 radical (unpaired) electrons. The van der Waals surface area contributed by atoms with E-state index in [9.17, 15) is 4.79 Å². The maximum Gasteiger partial charge on any atom is 0.260 e. The Hall–Kier alpha value is 0.0800. The van der Waals surface area contributed by atoms with E-state index in [1.54, 1.807) is 0 Å². The van der Waals surface area contributed by atoms with Gasteiger partial charge in [-0.1, -0.05) is 34.8 Å². The van der Waals surface area contributed by atoms with Crippen molar-refractivity contribution in [1.82, 2.24) is 5.32 Å². The van der Waals surface area contributed by atoms with Crippen molar-refractivity contribution in [3.05, 3.63) is 10.7 Å². The van der Waals surface area contributed by atoms with Gasteiger partial charge in [0.2, 0.25) is 4.33 Å². The first kappa shape index (κ1) is 13.7. The van der Waals surface area contributed by atoms with E-state index in [-0.39, 0.29) is 17.7 Å². The zero-order valence-corrected chi connectivity index (χ0v) is 13.5. The van der Waals surface area contributed by atoms with E-state index < -0.39 is 4.33 Å². The number of carbonyl (C=O) groups is 1. The molecule has 0 aromatic carbocycles. The van der Waals surface area contributed by atoms with Gasteiger partial charge in [-0.3, -0.25) is 4.79 Å². The van der Waals surface area contributed by atoms with Gasteiger partial charge < -0.3 is 5.32 Å². The highest BCUT2D eigenvalue weighted by Gasteiger charge is 2.55. The standard InChI is InChI=1S/C15H18Cl3NO/c16-11-7-15(17,18)13(20)19-12(11)14-4-8-1-9(5-14)3-10(2-8)6-14/h8-10H,1-7H2,(H,19,20). The van der Waals surface area contributed by atoms with Gasteiger partial charge in [0, 0.05) is 22.6 Å². The van der Waals surface area contributed by atoms with Gasteiger partial charge in [-0.2, -0.15) is 0 Å². The molecule has 5 heteroatoms. The summed E-state index contributed by atoms with van der Waals surface area (Å²) in [6.45, 7) is 0. The zero-order chi connectivity index (χ0) is 14.1. The summed E-state index contributed by atoms with van der Waals surface area (Å²) < 4.78 is -1.41. The number of nitrogens with one attached hydrogen (secondary N) is 1. The molecule has 4 aliphatic carbocycles. The Kier molecular flexibility index (Phi) is 2.95. The van der Waals surface area contributed by atoms with Crippen LogP contribution in [0.15, 0.2) is 10.7 Å².